The van der Waals surface area contributed by atoms with E-state index >= 15 is 0 Å². The Labute approximate surface area is 184 Å². The summed E-state index contributed by atoms with van der Waals surface area (Å²) in [4.78, 5) is 10.9. The number of hydrogen-bond acceptors (Lipinski definition) is 6. The smallest absolute Gasteiger partial charge is 0.290 e. The van der Waals surface area contributed by atoms with Crippen molar-refractivity contribution in [3.8, 4) is 0 Å². The molecule has 1 aromatic carbocycles. The molecular weight excluding hydrogens is 420 g/mol. The number of likely N-dealkylation sites (tertiary alicyclic amines) is 1. The van der Waals surface area contributed by atoms with Crippen LogP contribution in [0.3, 0.4) is 0 Å². The normalized spacial score (nSPS) is 30.3. The third-order valence-corrected chi connectivity index (χ3v) is 9.05. The molecule has 5 rings (SSSR count). The molecular formula is C22H32N2O6S. The van der Waals surface area contributed by atoms with Gasteiger partial charge in [0.25, 0.3) is 6.47 Å². The first-order chi connectivity index (χ1) is 15.0. The lowest BCUT2D eigenvalue weighted by atomic mass is 9.90. The number of carbonyl (C=O) groups is 1. The Morgan fingerprint density at radius 3 is 2.29 bits per heavy atom. The molecule has 3 saturated heterocycles. The summed E-state index contributed by atoms with van der Waals surface area (Å²) in [5, 5.41) is 6.74. The zero-order valence-electron chi connectivity index (χ0n) is 17.7. The summed E-state index contributed by atoms with van der Waals surface area (Å²) in [5.41, 5.74) is 1.14. The highest BCUT2D eigenvalue weighted by molar-refractivity contribution is 7.90. The first-order valence-corrected chi connectivity index (χ1v) is 12.6. The lowest BCUT2D eigenvalue weighted by molar-refractivity contribution is -0.122. The van der Waals surface area contributed by atoms with Gasteiger partial charge in [0.2, 0.25) is 10.0 Å². The minimum absolute atomic E-state index is 0.0246. The van der Waals surface area contributed by atoms with Crippen LogP contribution in [0.2, 0.25) is 0 Å². The van der Waals surface area contributed by atoms with Gasteiger partial charge in [-0.25, -0.2) is 8.42 Å². The van der Waals surface area contributed by atoms with Gasteiger partial charge in [-0.15, -0.1) is 0 Å². The fraction of sp³-hybridized carbons (Fsp3) is 0.682. The summed E-state index contributed by atoms with van der Waals surface area (Å²) in [6.07, 6.45) is 1.65. The Bertz CT molecular complexity index is 824. The minimum Gasteiger partial charge on any atom is -0.483 e. The topological polar surface area (TPSA) is 96.4 Å². The van der Waals surface area contributed by atoms with Crippen LogP contribution in [0.15, 0.2) is 30.3 Å². The van der Waals surface area contributed by atoms with Crippen molar-refractivity contribution in [3.63, 3.8) is 0 Å². The molecule has 0 unspecified atom stereocenters. The van der Waals surface area contributed by atoms with Gasteiger partial charge in [-0.05, 0) is 30.2 Å². The second-order valence-electron chi connectivity index (χ2n) is 8.93. The Morgan fingerprint density at radius 1 is 1.03 bits per heavy atom. The SMILES string of the molecule is O=CO.O=S(=O)(C1CC1)N1C[C@@H]2CN(CC3COCCOC3)C[C@@H]2[C@H]1c1ccccc1. The molecule has 0 radical (unpaired) electrons. The number of ether oxygens (including phenoxy) is 2. The summed E-state index contributed by atoms with van der Waals surface area (Å²) >= 11 is 0. The third kappa shape index (κ3) is 5.12. The van der Waals surface area contributed by atoms with Crippen LogP contribution in [-0.4, -0.2) is 87.1 Å². The number of hydrogen-bond donors (Lipinski definition) is 1. The first kappa shape index (κ1) is 22.7. The summed E-state index contributed by atoms with van der Waals surface area (Å²) in [6.45, 7) is 6.21. The first-order valence-electron chi connectivity index (χ1n) is 11.1. The van der Waals surface area contributed by atoms with Gasteiger partial charge in [0, 0.05) is 32.1 Å². The number of sulfonamides is 1. The van der Waals surface area contributed by atoms with Gasteiger partial charge in [-0.3, -0.25) is 4.79 Å². The average molecular weight is 453 g/mol. The maximum atomic E-state index is 13.1. The van der Waals surface area contributed by atoms with Gasteiger partial charge in [-0.2, -0.15) is 4.31 Å². The monoisotopic (exact) mass is 452 g/mol. The van der Waals surface area contributed by atoms with Crippen molar-refractivity contribution in [1.29, 1.82) is 0 Å². The Balaban J connectivity index is 0.000000730. The van der Waals surface area contributed by atoms with Crippen molar-refractivity contribution in [2.75, 3.05) is 52.6 Å². The van der Waals surface area contributed by atoms with Gasteiger partial charge in [0.05, 0.1) is 37.7 Å². The van der Waals surface area contributed by atoms with Gasteiger partial charge < -0.3 is 19.5 Å². The van der Waals surface area contributed by atoms with Crippen LogP contribution in [0.1, 0.15) is 24.4 Å². The van der Waals surface area contributed by atoms with E-state index in [0.717, 1.165) is 51.3 Å². The highest BCUT2D eigenvalue weighted by Crippen LogP contribution is 2.48. The molecule has 3 atom stereocenters. The summed E-state index contributed by atoms with van der Waals surface area (Å²) < 4.78 is 39.4. The van der Waals surface area contributed by atoms with Crippen molar-refractivity contribution >= 4 is 16.5 Å². The molecule has 0 aromatic heterocycles. The van der Waals surface area contributed by atoms with Crippen molar-refractivity contribution in [3.05, 3.63) is 35.9 Å². The maximum absolute atomic E-state index is 13.1. The number of fused-ring (bicyclic) bond motifs is 1. The van der Waals surface area contributed by atoms with Gasteiger partial charge in [-0.1, -0.05) is 30.3 Å². The number of rotatable bonds is 5. The van der Waals surface area contributed by atoms with E-state index in [2.05, 4.69) is 17.0 Å². The van der Waals surface area contributed by atoms with Crippen LogP contribution in [0.4, 0.5) is 0 Å². The fourth-order valence-electron chi connectivity index (χ4n) is 5.27. The molecule has 4 aliphatic rings. The minimum atomic E-state index is -3.18. The zero-order chi connectivity index (χ0) is 21.8. The molecule has 0 spiro atoms. The van der Waals surface area contributed by atoms with Crippen LogP contribution in [-0.2, 0) is 24.3 Å². The van der Waals surface area contributed by atoms with E-state index in [4.69, 9.17) is 19.4 Å². The molecule has 4 fully saturated rings. The van der Waals surface area contributed by atoms with Crippen molar-refractivity contribution in [2.45, 2.75) is 24.1 Å². The highest BCUT2D eigenvalue weighted by Gasteiger charge is 2.54. The van der Waals surface area contributed by atoms with E-state index in [1.54, 1.807) is 0 Å². The molecule has 3 heterocycles. The van der Waals surface area contributed by atoms with E-state index in [1.807, 2.05) is 22.5 Å². The van der Waals surface area contributed by atoms with Crippen LogP contribution >= 0.6 is 0 Å². The summed E-state index contributed by atoms with van der Waals surface area (Å²) in [7, 11) is -3.18. The van der Waals surface area contributed by atoms with Gasteiger partial charge in [0.1, 0.15) is 0 Å². The molecule has 8 nitrogen and oxygen atoms in total. The largest absolute Gasteiger partial charge is 0.483 e. The zero-order valence-corrected chi connectivity index (χ0v) is 18.5. The molecule has 172 valence electrons. The quantitative estimate of drug-likeness (QED) is 0.676. The van der Waals surface area contributed by atoms with Crippen molar-refractivity contribution in [1.82, 2.24) is 9.21 Å². The summed E-state index contributed by atoms with van der Waals surface area (Å²) in [6, 6.07) is 10.2. The Morgan fingerprint density at radius 2 is 1.68 bits per heavy atom. The van der Waals surface area contributed by atoms with E-state index in [9.17, 15) is 8.42 Å². The fourth-order valence-corrected chi connectivity index (χ4v) is 7.38. The molecule has 1 aliphatic carbocycles. The van der Waals surface area contributed by atoms with E-state index in [-0.39, 0.29) is 17.8 Å². The molecule has 1 saturated carbocycles. The Hall–Kier alpha value is -1.52. The third-order valence-electron chi connectivity index (χ3n) is 6.71. The molecule has 0 bridgehead atoms. The molecule has 3 aliphatic heterocycles. The number of carboxylic acid groups (broad SMARTS) is 1. The van der Waals surface area contributed by atoms with Gasteiger partial charge in [0.15, 0.2) is 0 Å². The van der Waals surface area contributed by atoms with Crippen LogP contribution in [0.5, 0.6) is 0 Å². The number of benzene rings is 1. The van der Waals surface area contributed by atoms with Crippen LogP contribution in [0, 0.1) is 17.8 Å². The maximum Gasteiger partial charge on any atom is 0.290 e. The summed E-state index contributed by atoms with van der Waals surface area (Å²) in [5.74, 6) is 1.18. The lowest BCUT2D eigenvalue weighted by Gasteiger charge is -2.30. The molecule has 1 N–H and O–H groups in total. The van der Waals surface area contributed by atoms with E-state index in [1.165, 1.54) is 0 Å². The van der Waals surface area contributed by atoms with Crippen LogP contribution in [0.25, 0.3) is 0 Å². The standard InChI is InChI=1S/C21H30N2O4S.CH2O2/c24-28(25,19-6-7-19)23-12-18-11-22(10-16-14-26-8-9-27-15-16)13-20(18)21(23)17-4-2-1-3-5-17;2-1-3/h1-5,16,18-21H,6-15H2;1H,(H,2,3)/t18-,20-,21+;/m0./s1. The number of nitrogens with zero attached hydrogens (tertiary/aromatic N) is 2. The Kier molecular flexibility index (Phi) is 7.28. The van der Waals surface area contributed by atoms with E-state index < -0.39 is 10.0 Å². The van der Waals surface area contributed by atoms with Crippen molar-refractivity contribution < 1.29 is 27.8 Å². The predicted octanol–water partition coefficient (Wildman–Crippen LogP) is 1.45. The van der Waals surface area contributed by atoms with E-state index in [0.29, 0.717) is 37.5 Å². The second kappa shape index (κ2) is 9.95. The molecule has 9 heteroatoms. The van der Waals surface area contributed by atoms with Gasteiger partial charge >= 0.3 is 0 Å². The molecule has 31 heavy (non-hydrogen) atoms. The predicted molar refractivity (Wildman–Crippen MR) is 115 cm³/mol. The van der Waals surface area contributed by atoms with Crippen molar-refractivity contribution in [2.24, 2.45) is 17.8 Å². The molecule has 0 amide bonds. The second-order valence-corrected chi connectivity index (χ2v) is 11.1. The van der Waals surface area contributed by atoms with Crippen LogP contribution < -0.4 is 0 Å². The molecule has 1 aromatic rings. The average Bonchev–Trinajstić information content (AvgIpc) is 3.51. The highest BCUT2D eigenvalue weighted by atomic mass is 32.2. The lowest BCUT2D eigenvalue weighted by Crippen LogP contribution is -2.39.